The largest absolute Gasteiger partial charge is 0.389 e. The van der Waals surface area contributed by atoms with Gasteiger partial charge in [0.25, 0.3) is 0 Å². The topological polar surface area (TPSA) is 86.7 Å². The van der Waals surface area contributed by atoms with Crippen molar-refractivity contribution in [1.29, 1.82) is 0 Å². The molecule has 32 heavy (non-hydrogen) atoms. The maximum Gasteiger partial charge on any atom is 0.241 e. The van der Waals surface area contributed by atoms with E-state index in [9.17, 15) is 18.3 Å². The van der Waals surface area contributed by atoms with Crippen LogP contribution in [0.25, 0.3) is 0 Å². The molecule has 2 aromatic carbocycles. The van der Waals surface area contributed by atoms with Crippen molar-refractivity contribution in [1.82, 2.24) is 9.62 Å². The number of carbonyl (C=O) groups is 1. The Morgan fingerprint density at radius 3 is 2.56 bits per heavy atom. The van der Waals surface area contributed by atoms with E-state index in [1.165, 1.54) is 12.1 Å². The number of likely N-dealkylation sites (tertiary alicyclic amines) is 1. The lowest BCUT2D eigenvalue weighted by atomic mass is 9.71. The fourth-order valence-electron chi connectivity index (χ4n) is 4.88. The SMILES string of the molecule is O=C(C(Cc1ccc(Cl)cc1)NS(=O)(=O)c1ccccc1)N1CC[C@@]2(O)CCCCC2C1. The molecule has 1 amide bonds. The maximum atomic E-state index is 13.5. The Kier molecular flexibility index (Phi) is 6.91. The third kappa shape index (κ3) is 5.17. The number of sulfonamides is 1. The monoisotopic (exact) mass is 476 g/mol. The number of nitrogens with zero attached hydrogens (tertiary/aromatic N) is 1. The zero-order chi connectivity index (χ0) is 22.8. The summed E-state index contributed by atoms with van der Waals surface area (Å²) < 4.78 is 28.7. The van der Waals surface area contributed by atoms with Gasteiger partial charge in [0, 0.05) is 24.0 Å². The molecule has 3 atom stereocenters. The van der Waals surface area contributed by atoms with Crippen molar-refractivity contribution in [3.8, 4) is 0 Å². The minimum atomic E-state index is -3.88. The number of carbonyl (C=O) groups excluding carboxylic acids is 1. The van der Waals surface area contributed by atoms with Gasteiger partial charge in [0.05, 0.1) is 10.5 Å². The van der Waals surface area contributed by atoms with Crippen LogP contribution in [-0.4, -0.2) is 49.1 Å². The van der Waals surface area contributed by atoms with E-state index < -0.39 is 21.7 Å². The summed E-state index contributed by atoms with van der Waals surface area (Å²) in [7, 11) is -3.88. The van der Waals surface area contributed by atoms with Crippen LogP contribution in [0.2, 0.25) is 5.02 Å². The second-order valence-corrected chi connectivity index (χ2v) is 11.0. The van der Waals surface area contributed by atoms with E-state index >= 15 is 0 Å². The lowest BCUT2D eigenvalue weighted by Crippen LogP contribution is -2.58. The van der Waals surface area contributed by atoms with Crippen molar-refractivity contribution in [2.45, 2.75) is 55.1 Å². The van der Waals surface area contributed by atoms with Crippen molar-refractivity contribution in [3.05, 3.63) is 65.2 Å². The van der Waals surface area contributed by atoms with Crippen LogP contribution >= 0.6 is 11.6 Å². The Labute approximate surface area is 194 Å². The van der Waals surface area contributed by atoms with Crippen LogP contribution in [0.3, 0.4) is 0 Å². The highest BCUT2D eigenvalue weighted by molar-refractivity contribution is 7.89. The molecule has 1 saturated carbocycles. The van der Waals surface area contributed by atoms with Gasteiger partial charge in [-0.1, -0.05) is 54.8 Å². The Bertz CT molecular complexity index is 1050. The van der Waals surface area contributed by atoms with Crippen molar-refractivity contribution < 1.29 is 18.3 Å². The molecule has 2 fully saturated rings. The zero-order valence-electron chi connectivity index (χ0n) is 17.9. The van der Waals surface area contributed by atoms with Crippen molar-refractivity contribution in [3.63, 3.8) is 0 Å². The predicted octanol–water partition coefficient (Wildman–Crippen LogP) is 3.38. The maximum absolute atomic E-state index is 13.5. The first kappa shape index (κ1) is 23.2. The summed E-state index contributed by atoms with van der Waals surface area (Å²) in [6.07, 6.45) is 4.46. The van der Waals surface area contributed by atoms with Crippen LogP contribution in [-0.2, 0) is 21.2 Å². The number of hydrogen-bond donors (Lipinski definition) is 2. The molecule has 0 aromatic heterocycles. The molecule has 2 unspecified atom stereocenters. The second-order valence-electron chi connectivity index (χ2n) is 8.90. The lowest BCUT2D eigenvalue weighted by molar-refractivity contribution is -0.145. The van der Waals surface area contributed by atoms with Crippen molar-refractivity contribution in [2.75, 3.05) is 13.1 Å². The molecule has 0 spiro atoms. The van der Waals surface area contributed by atoms with Gasteiger partial charge in [-0.15, -0.1) is 0 Å². The molecule has 2 aromatic rings. The number of nitrogens with one attached hydrogen (secondary N) is 1. The predicted molar refractivity (Wildman–Crippen MR) is 124 cm³/mol. The first-order valence-corrected chi connectivity index (χ1v) is 13.0. The highest BCUT2D eigenvalue weighted by Crippen LogP contribution is 2.40. The minimum Gasteiger partial charge on any atom is -0.389 e. The number of halogens is 1. The van der Waals surface area contributed by atoms with E-state index in [2.05, 4.69) is 4.72 Å². The van der Waals surface area contributed by atoms with Gasteiger partial charge in [-0.3, -0.25) is 4.79 Å². The summed E-state index contributed by atoms with van der Waals surface area (Å²) in [5, 5.41) is 11.5. The van der Waals surface area contributed by atoms with Gasteiger partial charge < -0.3 is 10.0 Å². The van der Waals surface area contributed by atoms with Gasteiger partial charge in [0.1, 0.15) is 6.04 Å². The number of rotatable bonds is 6. The molecule has 172 valence electrons. The van der Waals surface area contributed by atoms with E-state index in [1.807, 2.05) is 0 Å². The summed E-state index contributed by atoms with van der Waals surface area (Å²) in [4.78, 5) is 15.4. The van der Waals surface area contributed by atoms with Crippen LogP contribution in [0.4, 0.5) is 0 Å². The summed E-state index contributed by atoms with van der Waals surface area (Å²) in [5.41, 5.74) is 0.110. The molecule has 2 aliphatic rings. The molecule has 1 aliphatic carbocycles. The standard InChI is InChI=1S/C24H29ClN2O4S/c25-20-11-9-18(10-12-20)16-22(26-32(30,31)21-7-2-1-3-8-21)23(28)27-15-14-24(29)13-5-4-6-19(24)17-27/h1-3,7-12,19,22,26,29H,4-6,13-17H2/t19?,22?,24-/m0/s1. The summed E-state index contributed by atoms with van der Waals surface area (Å²) in [6, 6.07) is 14.2. The number of aliphatic hydroxyl groups is 1. The summed E-state index contributed by atoms with van der Waals surface area (Å²) in [5.74, 6) is -0.219. The minimum absolute atomic E-state index is 0.0378. The third-order valence-electron chi connectivity index (χ3n) is 6.74. The second kappa shape index (κ2) is 9.51. The van der Waals surface area contributed by atoms with Crippen LogP contribution in [0, 0.1) is 5.92 Å². The van der Waals surface area contributed by atoms with Crippen LogP contribution in [0.15, 0.2) is 59.5 Å². The van der Waals surface area contributed by atoms with E-state index in [1.54, 1.807) is 47.4 Å². The molecule has 6 nitrogen and oxygen atoms in total. The lowest BCUT2D eigenvalue weighted by Gasteiger charge is -2.48. The Morgan fingerprint density at radius 2 is 1.84 bits per heavy atom. The molecular weight excluding hydrogens is 448 g/mol. The number of fused-ring (bicyclic) bond motifs is 1. The van der Waals surface area contributed by atoms with E-state index in [-0.39, 0.29) is 23.1 Å². The normalized spacial score (nSPS) is 24.6. The van der Waals surface area contributed by atoms with Crippen LogP contribution in [0.5, 0.6) is 0 Å². The molecular formula is C24H29ClN2O4S. The van der Waals surface area contributed by atoms with E-state index in [4.69, 9.17) is 11.6 Å². The first-order valence-electron chi connectivity index (χ1n) is 11.1. The summed E-state index contributed by atoms with van der Waals surface area (Å²) in [6.45, 7) is 0.884. The first-order chi connectivity index (χ1) is 15.3. The zero-order valence-corrected chi connectivity index (χ0v) is 19.5. The van der Waals surface area contributed by atoms with Gasteiger partial charge >= 0.3 is 0 Å². The Hall–Kier alpha value is -1.93. The van der Waals surface area contributed by atoms with Gasteiger partial charge in [-0.25, -0.2) is 8.42 Å². The highest BCUT2D eigenvalue weighted by Gasteiger charge is 2.44. The molecule has 0 radical (unpaired) electrons. The third-order valence-corrected chi connectivity index (χ3v) is 8.48. The molecule has 1 heterocycles. The molecule has 2 N–H and O–H groups in total. The summed E-state index contributed by atoms with van der Waals surface area (Å²) >= 11 is 5.99. The van der Waals surface area contributed by atoms with Gasteiger partial charge in [-0.2, -0.15) is 4.72 Å². The van der Waals surface area contributed by atoms with Crippen molar-refractivity contribution in [2.24, 2.45) is 5.92 Å². The smallest absolute Gasteiger partial charge is 0.241 e. The fourth-order valence-corrected chi connectivity index (χ4v) is 6.22. The molecule has 1 saturated heterocycles. The fraction of sp³-hybridized carbons (Fsp3) is 0.458. The van der Waals surface area contributed by atoms with Gasteiger partial charge in [0.2, 0.25) is 15.9 Å². The van der Waals surface area contributed by atoms with Crippen LogP contribution in [0.1, 0.15) is 37.7 Å². The average molecular weight is 477 g/mol. The molecule has 4 rings (SSSR count). The quantitative estimate of drug-likeness (QED) is 0.669. The highest BCUT2D eigenvalue weighted by atomic mass is 35.5. The van der Waals surface area contributed by atoms with Crippen LogP contribution < -0.4 is 4.72 Å². The Balaban J connectivity index is 1.57. The van der Waals surface area contributed by atoms with E-state index in [0.717, 1.165) is 31.2 Å². The number of benzene rings is 2. The number of piperidine rings is 1. The number of amides is 1. The van der Waals surface area contributed by atoms with Gasteiger partial charge in [0.15, 0.2) is 0 Å². The average Bonchev–Trinajstić information content (AvgIpc) is 2.79. The molecule has 0 bridgehead atoms. The van der Waals surface area contributed by atoms with E-state index in [0.29, 0.717) is 24.5 Å². The van der Waals surface area contributed by atoms with Gasteiger partial charge in [-0.05, 0) is 55.5 Å². The molecule has 1 aliphatic heterocycles. The van der Waals surface area contributed by atoms with Crippen molar-refractivity contribution >= 4 is 27.5 Å². The molecule has 8 heteroatoms. The number of hydrogen-bond acceptors (Lipinski definition) is 4. The Morgan fingerprint density at radius 1 is 1.12 bits per heavy atom.